The molecule has 0 spiro atoms. The fourth-order valence-corrected chi connectivity index (χ4v) is 7.44. The van der Waals surface area contributed by atoms with E-state index in [-0.39, 0.29) is 25.5 Å². The fourth-order valence-electron chi connectivity index (χ4n) is 6.22. The molecular weight excluding hydrogens is 661 g/mol. The van der Waals surface area contributed by atoms with Crippen LogP contribution in [0.25, 0.3) is 0 Å². The standard InChI is InChI=1S/C42H76NO7P/c1-3-5-7-9-11-13-15-17-19-21-23-25-27-32-36-48-51(47,49-37-39-33-29-28-30-34-39)50-38-40(42(45)46)43-41(44)35-31-26-24-22-20-18-16-14-12-10-8-6-4-2/h28-30,33-34,40H,3-27,31-32,35-38H2,1-2H3,(H,43,44)(H,45,46)/t40-,51?/m0/s1. The van der Waals surface area contributed by atoms with E-state index in [2.05, 4.69) is 19.2 Å². The zero-order valence-electron chi connectivity index (χ0n) is 32.7. The molecule has 1 aromatic carbocycles. The summed E-state index contributed by atoms with van der Waals surface area (Å²) in [6.07, 6.45) is 33.2. The summed E-state index contributed by atoms with van der Waals surface area (Å²) < 4.78 is 30.4. The average molecular weight is 738 g/mol. The van der Waals surface area contributed by atoms with E-state index in [9.17, 15) is 19.3 Å². The number of carboxylic acids is 1. The Morgan fingerprint density at radius 1 is 0.588 bits per heavy atom. The Balaban J connectivity index is 2.32. The monoisotopic (exact) mass is 738 g/mol. The number of rotatable bonds is 38. The predicted molar refractivity (Wildman–Crippen MR) is 211 cm³/mol. The van der Waals surface area contributed by atoms with Crippen LogP contribution in [0.4, 0.5) is 0 Å². The number of carbonyl (C=O) groups is 2. The topological polar surface area (TPSA) is 111 Å². The van der Waals surface area contributed by atoms with Gasteiger partial charge >= 0.3 is 13.8 Å². The number of benzene rings is 1. The Morgan fingerprint density at radius 3 is 1.43 bits per heavy atom. The van der Waals surface area contributed by atoms with Crippen molar-refractivity contribution in [2.45, 2.75) is 206 Å². The largest absolute Gasteiger partial charge is 0.480 e. The van der Waals surface area contributed by atoms with Gasteiger partial charge in [-0.2, -0.15) is 0 Å². The maximum atomic E-state index is 13.6. The van der Waals surface area contributed by atoms with Crippen molar-refractivity contribution in [2.75, 3.05) is 13.2 Å². The minimum atomic E-state index is -4.07. The minimum absolute atomic E-state index is 0.00000224. The van der Waals surface area contributed by atoms with Crippen molar-refractivity contribution < 1.29 is 32.8 Å². The fraction of sp³-hybridized carbons (Fsp3) is 0.810. The highest BCUT2D eigenvalue weighted by Crippen LogP contribution is 2.50. The van der Waals surface area contributed by atoms with Gasteiger partial charge in [0.1, 0.15) is 0 Å². The van der Waals surface area contributed by atoms with Gasteiger partial charge in [0, 0.05) is 6.42 Å². The number of hydrogen-bond donors (Lipinski definition) is 2. The van der Waals surface area contributed by atoms with E-state index in [0.717, 1.165) is 31.2 Å². The molecule has 1 rings (SSSR count). The Hall–Kier alpha value is -1.73. The van der Waals surface area contributed by atoms with Crippen molar-refractivity contribution in [1.29, 1.82) is 0 Å². The highest BCUT2D eigenvalue weighted by Gasteiger charge is 2.31. The number of amides is 1. The van der Waals surface area contributed by atoms with Gasteiger partial charge in [-0.25, -0.2) is 9.36 Å². The summed E-state index contributed by atoms with van der Waals surface area (Å²) in [5, 5.41) is 12.3. The highest BCUT2D eigenvalue weighted by molar-refractivity contribution is 7.48. The van der Waals surface area contributed by atoms with E-state index >= 15 is 0 Å². The molecule has 0 aliphatic carbocycles. The molecule has 2 N–H and O–H groups in total. The quantitative estimate of drug-likeness (QED) is 0.0513. The van der Waals surface area contributed by atoms with Crippen LogP contribution in [0.2, 0.25) is 0 Å². The number of nitrogens with one attached hydrogen (secondary N) is 1. The number of phosphoric ester groups is 1. The summed E-state index contributed by atoms with van der Waals surface area (Å²) in [4.78, 5) is 24.5. The minimum Gasteiger partial charge on any atom is -0.480 e. The second-order valence-corrected chi connectivity index (χ2v) is 16.1. The SMILES string of the molecule is CCCCCCCCCCCCCCCCOP(=O)(OCc1ccccc1)OC[C@H](NC(=O)CCCCCCCCCCCCCCC)C(=O)O. The van der Waals surface area contributed by atoms with Crippen LogP contribution in [0, 0.1) is 0 Å². The lowest BCUT2D eigenvalue weighted by Gasteiger charge is -2.21. The molecule has 0 saturated heterocycles. The molecule has 296 valence electrons. The summed E-state index contributed by atoms with van der Waals surface area (Å²) in [7, 11) is -4.07. The molecule has 9 heteroatoms. The molecule has 0 saturated carbocycles. The lowest BCUT2D eigenvalue weighted by molar-refractivity contribution is -0.142. The first-order chi connectivity index (χ1) is 24.9. The van der Waals surface area contributed by atoms with Crippen LogP contribution in [0.5, 0.6) is 0 Å². The maximum absolute atomic E-state index is 13.6. The first-order valence-corrected chi connectivity index (χ1v) is 22.5. The van der Waals surface area contributed by atoms with Gasteiger partial charge in [0.15, 0.2) is 6.04 Å². The molecule has 0 heterocycles. The normalized spacial score (nSPS) is 13.2. The van der Waals surface area contributed by atoms with E-state index in [4.69, 9.17) is 13.6 Å². The second-order valence-electron chi connectivity index (χ2n) is 14.4. The van der Waals surface area contributed by atoms with Gasteiger partial charge in [0.25, 0.3) is 0 Å². The number of hydrogen-bond acceptors (Lipinski definition) is 6. The van der Waals surface area contributed by atoms with Crippen molar-refractivity contribution in [1.82, 2.24) is 5.32 Å². The number of phosphoric acid groups is 1. The third-order valence-corrected chi connectivity index (χ3v) is 10.9. The zero-order valence-corrected chi connectivity index (χ0v) is 33.6. The number of unbranched alkanes of at least 4 members (excludes halogenated alkanes) is 25. The molecule has 2 atom stereocenters. The third-order valence-electron chi connectivity index (χ3n) is 9.52. The molecule has 0 aromatic heterocycles. The van der Waals surface area contributed by atoms with Gasteiger partial charge in [0.05, 0.1) is 19.8 Å². The molecule has 51 heavy (non-hydrogen) atoms. The van der Waals surface area contributed by atoms with Crippen molar-refractivity contribution in [3.8, 4) is 0 Å². The van der Waals surface area contributed by atoms with Crippen LogP contribution < -0.4 is 5.32 Å². The third kappa shape index (κ3) is 29.4. The predicted octanol–water partition coefficient (Wildman–Crippen LogP) is 12.9. The molecule has 0 aliphatic heterocycles. The highest BCUT2D eigenvalue weighted by atomic mass is 31.2. The van der Waals surface area contributed by atoms with Crippen molar-refractivity contribution in [2.24, 2.45) is 0 Å². The van der Waals surface area contributed by atoms with Gasteiger partial charge in [-0.15, -0.1) is 0 Å². The maximum Gasteiger partial charge on any atom is 0.475 e. The Labute approximate surface area is 312 Å². The molecule has 1 amide bonds. The summed E-state index contributed by atoms with van der Waals surface area (Å²) >= 11 is 0. The van der Waals surface area contributed by atoms with Crippen LogP contribution in [0.3, 0.4) is 0 Å². The lowest BCUT2D eigenvalue weighted by atomic mass is 10.0. The second kappa shape index (κ2) is 34.1. The van der Waals surface area contributed by atoms with Gasteiger partial charge < -0.3 is 10.4 Å². The number of carbonyl (C=O) groups excluding carboxylic acids is 1. The van der Waals surface area contributed by atoms with Gasteiger partial charge in [-0.3, -0.25) is 18.4 Å². The zero-order chi connectivity index (χ0) is 37.1. The number of carboxylic acid groups (broad SMARTS) is 1. The van der Waals surface area contributed by atoms with Crippen LogP contribution in [0.15, 0.2) is 30.3 Å². The van der Waals surface area contributed by atoms with Crippen LogP contribution in [-0.4, -0.2) is 36.2 Å². The molecule has 1 aromatic rings. The van der Waals surface area contributed by atoms with Crippen LogP contribution in [0.1, 0.15) is 199 Å². The van der Waals surface area contributed by atoms with Crippen LogP contribution >= 0.6 is 7.82 Å². The molecule has 0 aliphatic rings. The molecule has 0 fully saturated rings. The molecule has 8 nitrogen and oxygen atoms in total. The van der Waals surface area contributed by atoms with Gasteiger partial charge in [-0.05, 0) is 18.4 Å². The molecule has 0 bridgehead atoms. The van der Waals surface area contributed by atoms with Crippen molar-refractivity contribution in [3.05, 3.63) is 35.9 Å². The van der Waals surface area contributed by atoms with E-state index < -0.39 is 26.4 Å². The lowest BCUT2D eigenvalue weighted by Crippen LogP contribution is -2.43. The van der Waals surface area contributed by atoms with E-state index in [1.807, 2.05) is 30.3 Å². The Kier molecular flexibility index (Phi) is 31.6. The summed E-state index contributed by atoms with van der Waals surface area (Å²) in [6, 6.07) is 7.92. The summed E-state index contributed by atoms with van der Waals surface area (Å²) in [5.41, 5.74) is 0.794. The summed E-state index contributed by atoms with van der Waals surface area (Å²) in [6.45, 7) is 4.18. The van der Waals surface area contributed by atoms with Crippen molar-refractivity contribution >= 4 is 19.7 Å². The average Bonchev–Trinajstić information content (AvgIpc) is 3.13. The Bertz CT molecular complexity index is 993. The van der Waals surface area contributed by atoms with Gasteiger partial charge in [0.2, 0.25) is 5.91 Å². The first-order valence-electron chi connectivity index (χ1n) is 21.0. The molecule has 0 radical (unpaired) electrons. The summed E-state index contributed by atoms with van der Waals surface area (Å²) in [5.74, 6) is -1.60. The smallest absolute Gasteiger partial charge is 0.475 e. The van der Waals surface area contributed by atoms with Crippen molar-refractivity contribution in [3.63, 3.8) is 0 Å². The van der Waals surface area contributed by atoms with Gasteiger partial charge in [-0.1, -0.05) is 205 Å². The number of aliphatic carboxylic acids is 1. The molecular formula is C42H76NO7P. The Morgan fingerprint density at radius 2 is 1.00 bits per heavy atom. The molecule has 1 unspecified atom stereocenters. The van der Waals surface area contributed by atoms with E-state index in [1.165, 1.54) is 135 Å². The van der Waals surface area contributed by atoms with E-state index in [1.54, 1.807) is 0 Å². The first kappa shape index (κ1) is 47.3. The van der Waals surface area contributed by atoms with Crippen LogP contribution in [-0.2, 0) is 34.3 Å². The van der Waals surface area contributed by atoms with E-state index in [0.29, 0.717) is 12.8 Å².